The van der Waals surface area contributed by atoms with Crippen LogP contribution in [0, 0.1) is 12.7 Å². The first-order valence-corrected chi connectivity index (χ1v) is 4.26. The van der Waals surface area contributed by atoms with E-state index in [1.54, 1.807) is 6.07 Å². The molecule has 0 amide bonds. The van der Waals surface area contributed by atoms with E-state index >= 15 is 0 Å². The summed E-state index contributed by atoms with van der Waals surface area (Å²) in [7, 11) is 0. The summed E-state index contributed by atoms with van der Waals surface area (Å²) in [6, 6.07) is 3.06. The maximum absolute atomic E-state index is 12.9. The summed E-state index contributed by atoms with van der Waals surface area (Å²) < 4.78 is 13.3. The normalized spacial score (nSPS) is 10.3. The Morgan fingerprint density at radius 1 is 1.58 bits per heavy atom. The molecule has 0 aliphatic carbocycles. The zero-order valence-corrected chi connectivity index (χ0v) is 8.15. The minimum atomic E-state index is -0.314. The largest absolute Gasteiger partial charge is 0.316 e. The highest BCUT2D eigenvalue weighted by Crippen LogP contribution is 2.23. The molecule has 0 spiro atoms. The van der Waals surface area contributed by atoms with Gasteiger partial charge in [-0.3, -0.25) is 0 Å². The van der Waals surface area contributed by atoms with Gasteiger partial charge in [0.15, 0.2) is 0 Å². The summed E-state index contributed by atoms with van der Waals surface area (Å²) in [6.07, 6.45) is 0. The first-order chi connectivity index (χ1) is 5.66. The third-order valence-electron chi connectivity index (χ3n) is 1.69. The van der Waals surface area contributed by atoms with Crippen molar-refractivity contribution in [1.29, 1.82) is 0 Å². The second kappa shape index (κ2) is 3.98. The molecule has 0 unspecified atom stereocenters. The Bertz CT molecular complexity index is 291. The van der Waals surface area contributed by atoms with Crippen molar-refractivity contribution in [2.45, 2.75) is 13.5 Å². The Morgan fingerprint density at radius 3 is 2.83 bits per heavy atom. The van der Waals surface area contributed by atoms with Gasteiger partial charge in [-0.2, -0.15) is 0 Å². The Balaban J connectivity index is 3.14. The Morgan fingerprint density at radius 2 is 2.25 bits per heavy atom. The van der Waals surface area contributed by atoms with Gasteiger partial charge in [0.2, 0.25) is 0 Å². The van der Waals surface area contributed by atoms with Crippen molar-refractivity contribution in [1.82, 2.24) is 5.48 Å². The van der Waals surface area contributed by atoms with Crippen LogP contribution in [0.1, 0.15) is 11.1 Å². The number of hydrogen-bond acceptors (Lipinski definition) is 2. The number of nitrogens with one attached hydrogen (secondary N) is 1. The van der Waals surface area contributed by atoms with Gasteiger partial charge in [0.1, 0.15) is 5.82 Å². The molecule has 0 aliphatic heterocycles. The van der Waals surface area contributed by atoms with Crippen LogP contribution < -0.4 is 5.48 Å². The fourth-order valence-corrected chi connectivity index (χ4v) is 1.57. The number of halogens is 2. The van der Waals surface area contributed by atoms with Crippen LogP contribution >= 0.6 is 15.9 Å². The zero-order chi connectivity index (χ0) is 9.14. The van der Waals surface area contributed by atoms with Crippen LogP contribution in [0.15, 0.2) is 16.6 Å². The molecular formula is C8H9BrFNO. The molecule has 66 valence electrons. The molecule has 0 aliphatic rings. The van der Waals surface area contributed by atoms with E-state index in [0.717, 1.165) is 11.1 Å². The summed E-state index contributed by atoms with van der Waals surface area (Å²) in [5.74, 6) is -0.314. The van der Waals surface area contributed by atoms with Crippen LogP contribution in [0.5, 0.6) is 0 Å². The van der Waals surface area contributed by atoms with Crippen LogP contribution in [-0.2, 0) is 6.54 Å². The first-order valence-electron chi connectivity index (χ1n) is 3.47. The molecule has 0 atom stereocenters. The smallest absolute Gasteiger partial charge is 0.137 e. The summed E-state index contributed by atoms with van der Waals surface area (Å²) in [5.41, 5.74) is 3.67. The van der Waals surface area contributed by atoms with E-state index in [4.69, 9.17) is 5.21 Å². The Hall–Kier alpha value is -0.450. The molecule has 0 bridgehead atoms. The number of aryl methyl sites for hydroxylation is 1. The molecule has 0 radical (unpaired) electrons. The zero-order valence-electron chi connectivity index (χ0n) is 6.56. The highest BCUT2D eigenvalue weighted by atomic mass is 79.9. The lowest BCUT2D eigenvalue weighted by Gasteiger charge is -2.07. The summed E-state index contributed by atoms with van der Waals surface area (Å²) in [5, 5.41) is 8.47. The Kier molecular flexibility index (Phi) is 3.20. The van der Waals surface area contributed by atoms with E-state index in [0.29, 0.717) is 4.47 Å². The van der Waals surface area contributed by atoms with Gasteiger partial charge < -0.3 is 5.21 Å². The van der Waals surface area contributed by atoms with E-state index in [1.165, 1.54) is 6.07 Å². The molecule has 0 saturated carbocycles. The molecular weight excluding hydrogens is 225 g/mol. The maximum Gasteiger partial charge on any atom is 0.137 e. The number of rotatable bonds is 2. The quantitative estimate of drug-likeness (QED) is 0.770. The van der Waals surface area contributed by atoms with Gasteiger partial charge in [0, 0.05) is 6.54 Å². The van der Waals surface area contributed by atoms with Gasteiger partial charge in [-0.15, -0.1) is 0 Å². The van der Waals surface area contributed by atoms with Crippen LogP contribution in [-0.4, -0.2) is 5.21 Å². The topological polar surface area (TPSA) is 32.3 Å². The fourth-order valence-electron chi connectivity index (χ4n) is 0.985. The van der Waals surface area contributed by atoms with E-state index in [2.05, 4.69) is 15.9 Å². The lowest BCUT2D eigenvalue weighted by atomic mass is 10.1. The van der Waals surface area contributed by atoms with Gasteiger partial charge in [-0.1, -0.05) is 6.07 Å². The van der Waals surface area contributed by atoms with Crippen molar-refractivity contribution in [3.8, 4) is 0 Å². The second-order valence-corrected chi connectivity index (χ2v) is 3.28. The molecule has 0 heterocycles. The highest BCUT2D eigenvalue weighted by Gasteiger charge is 2.07. The monoisotopic (exact) mass is 233 g/mol. The number of benzene rings is 1. The van der Waals surface area contributed by atoms with Gasteiger partial charge in [-0.25, -0.2) is 9.87 Å². The van der Waals surface area contributed by atoms with Crippen molar-refractivity contribution in [2.24, 2.45) is 0 Å². The molecule has 0 aromatic heterocycles. The van der Waals surface area contributed by atoms with Crippen molar-refractivity contribution in [2.75, 3.05) is 0 Å². The van der Waals surface area contributed by atoms with E-state index in [9.17, 15) is 4.39 Å². The second-order valence-electron chi connectivity index (χ2n) is 2.49. The van der Waals surface area contributed by atoms with Crippen molar-refractivity contribution in [3.05, 3.63) is 33.5 Å². The van der Waals surface area contributed by atoms with Crippen LogP contribution in [0.2, 0.25) is 0 Å². The molecule has 2 nitrogen and oxygen atoms in total. The lowest BCUT2D eigenvalue weighted by Crippen LogP contribution is -2.08. The average Bonchev–Trinajstić information content (AvgIpc) is 2.06. The molecule has 4 heteroatoms. The molecule has 0 saturated heterocycles. The van der Waals surface area contributed by atoms with Crippen molar-refractivity contribution < 1.29 is 9.60 Å². The standard InChI is InChI=1S/C8H9BrFNO/c1-5-2-3-7(10)8(9)6(5)4-11-12/h2-3,11-12H,4H2,1H3. The predicted molar refractivity (Wildman–Crippen MR) is 47.5 cm³/mol. The minimum Gasteiger partial charge on any atom is -0.316 e. The summed E-state index contributed by atoms with van der Waals surface area (Å²) >= 11 is 3.11. The maximum atomic E-state index is 12.9. The van der Waals surface area contributed by atoms with Crippen LogP contribution in [0.3, 0.4) is 0 Å². The van der Waals surface area contributed by atoms with E-state index in [-0.39, 0.29) is 12.4 Å². The number of hydroxylamine groups is 1. The third-order valence-corrected chi connectivity index (χ3v) is 2.54. The van der Waals surface area contributed by atoms with Gasteiger partial charge >= 0.3 is 0 Å². The molecule has 1 rings (SSSR count). The van der Waals surface area contributed by atoms with Gasteiger partial charge in [-0.05, 0) is 40.0 Å². The van der Waals surface area contributed by atoms with Gasteiger partial charge in [0.05, 0.1) is 4.47 Å². The summed E-state index contributed by atoms with van der Waals surface area (Å²) in [6.45, 7) is 2.10. The molecule has 0 fully saturated rings. The lowest BCUT2D eigenvalue weighted by molar-refractivity contribution is 0.160. The van der Waals surface area contributed by atoms with Crippen LogP contribution in [0.4, 0.5) is 4.39 Å². The van der Waals surface area contributed by atoms with E-state index in [1.807, 2.05) is 12.4 Å². The van der Waals surface area contributed by atoms with E-state index < -0.39 is 0 Å². The molecule has 1 aromatic rings. The van der Waals surface area contributed by atoms with Crippen molar-refractivity contribution >= 4 is 15.9 Å². The Labute approximate surface area is 78.5 Å². The average molecular weight is 234 g/mol. The summed E-state index contributed by atoms with van der Waals surface area (Å²) in [4.78, 5) is 0. The molecule has 12 heavy (non-hydrogen) atoms. The van der Waals surface area contributed by atoms with Gasteiger partial charge in [0.25, 0.3) is 0 Å². The molecule has 1 aromatic carbocycles. The predicted octanol–water partition coefficient (Wildman–Crippen LogP) is 2.38. The van der Waals surface area contributed by atoms with Crippen LogP contribution in [0.25, 0.3) is 0 Å². The fraction of sp³-hybridized carbons (Fsp3) is 0.250. The minimum absolute atomic E-state index is 0.240. The first kappa shape index (κ1) is 9.64. The SMILES string of the molecule is Cc1ccc(F)c(Br)c1CNO. The third kappa shape index (κ3) is 1.83. The molecule has 2 N–H and O–H groups in total. The number of hydrogen-bond donors (Lipinski definition) is 2. The highest BCUT2D eigenvalue weighted by molar-refractivity contribution is 9.10. The van der Waals surface area contributed by atoms with Crippen molar-refractivity contribution in [3.63, 3.8) is 0 Å².